The molecule has 1 heterocycles. The van der Waals surface area contributed by atoms with Gasteiger partial charge in [-0.3, -0.25) is 0 Å². The first-order valence-corrected chi connectivity index (χ1v) is 5.67. The summed E-state index contributed by atoms with van der Waals surface area (Å²) in [6, 6.07) is 1.52. The van der Waals surface area contributed by atoms with Crippen LogP contribution in [0.3, 0.4) is 0 Å². The van der Waals surface area contributed by atoms with E-state index in [9.17, 15) is 4.79 Å². The highest BCUT2D eigenvalue weighted by molar-refractivity contribution is 5.92. The Bertz CT molecular complexity index is 393. The molecule has 94 valence electrons. The average Bonchev–Trinajstić information content (AvgIpc) is 2.31. The molecule has 1 aromatic heterocycles. The van der Waals surface area contributed by atoms with Crippen LogP contribution >= 0.6 is 0 Å². The smallest absolute Gasteiger partial charge is 0.343 e. The first kappa shape index (κ1) is 13.3. The number of carbonyl (C=O) groups is 1. The summed E-state index contributed by atoms with van der Waals surface area (Å²) in [5.41, 5.74) is 6.28. The van der Waals surface area contributed by atoms with Crippen molar-refractivity contribution in [3.8, 4) is 5.88 Å². The first-order chi connectivity index (χ1) is 8.08. The van der Waals surface area contributed by atoms with E-state index in [4.69, 9.17) is 15.2 Å². The Kier molecular flexibility index (Phi) is 4.75. The van der Waals surface area contributed by atoms with Gasteiger partial charge in [0.05, 0.1) is 24.6 Å². The molecule has 0 spiro atoms. The minimum absolute atomic E-state index is 0.0145. The standard InChI is InChI=1S/C12H18N2O3/c1-4-8(3)17-11-10(12(15)16-5-2)6-9(13)7-14-11/h6-8H,4-5,13H2,1-3H3. The molecule has 2 N–H and O–H groups in total. The van der Waals surface area contributed by atoms with Crippen molar-refractivity contribution in [1.29, 1.82) is 0 Å². The normalized spacial score (nSPS) is 11.9. The van der Waals surface area contributed by atoms with Gasteiger partial charge in [0.1, 0.15) is 5.56 Å². The molecular weight excluding hydrogens is 220 g/mol. The molecule has 0 saturated heterocycles. The Morgan fingerprint density at radius 1 is 1.53 bits per heavy atom. The molecule has 5 nitrogen and oxygen atoms in total. The average molecular weight is 238 g/mol. The third-order valence-corrected chi connectivity index (χ3v) is 2.26. The molecule has 1 aromatic rings. The zero-order valence-electron chi connectivity index (χ0n) is 10.4. The number of anilines is 1. The van der Waals surface area contributed by atoms with Gasteiger partial charge >= 0.3 is 5.97 Å². The van der Waals surface area contributed by atoms with Gasteiger partial charge in [-0.05, 0) is 26.3 Å². The molecule has 17 heavy (non-hydrogen) atoms. The van der Waals surface area contributed by atoms with Crippen LogP contribution in [-0.2, 0) is 4.74 Å². The number of nitrogens with two attached hydrogens (primary N) is 1. The van der Waals surface area contributed by atoms with Crippen molar-refractivity contribution in [1.82, 2.24) is 4.98 Å². The molecule has 0 aromatic carbocycles. The van der Waals surface area contributed by atoms with Crippen LogP contribution in [0.1, 0.15) is 37.6 Å². The van der Waals surface area contributed by atoms with Crippen LogP contribution in [0.4, 0.5) is 5.69 Å². The number of hydrogen-bond acceptors (Lipinski definition) is 5. The molecule has 0 aliphatic carbocycles. The fraction of sp³-hybridized carbons (Fsp3) is 0.500. The van der Waals surface area contributed by atoms with Crippen molar-refractivity contribution in [2.75, 3.05) is 12.3 Å². The van der Waals surface area contributed by atoms with Crippen molar-refractivity contribution in [3.63, 3.8) is 0 Å². The zero-order chi connectivity index (χ0) is 12.8. The monoisotopic (exact) mass is 238 g/mol. The number of ether oxygens (including phenoxy) is 2. The number of pyridine rings is 1. The van der Waals surface area contributed by atoms with Crippen LogP contribution in [0.5, 0.6) is 5.88 Å². The molecule has 5 heteroatoms. The van der Waals surface area contributed by atoms with Gasteiger partial charge in [-0.15, -0.1) is 0 Å². The molecule has 0 amide bonds. The number of nitrogens with zero attached hydrogens (tertiary/aromatic N) is 1. The maximum atomic E-state index is 11.7. The van der Waals surface area contributed by atoms with Crippen molar-refractivity contribution < 1.29 is 14.3 Å². The van der Waals surface area contributed by atoms with E-state index in [0.717, 1.165) is 6.42 Å². The maximum Gasteiger partial charge on any atom is 0.343 e. The fourth-order valence-corrected chi connectivity index (χ4v) is 1.19. The zero-order valence-corrected chi connectivity index (χ0v) is 10.4. The molecule has 0 fully saturated rings. The number of esters is 1. The van der Waals surface area contributed by atoms with Gasteiger partial charge in [-0.1, -0.05) is 6.92 Å². The third-order valence-electron chi connectivity index (χ3n) is 2.26. The molecule has 0 aliphatic heterocycles. The van der Waals surface area contributed by atoms with E-state index in [1.807, 2.05) is 13.8 Å². The lowest BCUT2D eigenvalue weighted by Crippen LogP contribution is -2.15. The molecule has 0 radical (unpaired) electrons. The predicted molar refractivity (Wildman–Crippen MR) is 65.0 cm³/mol. The van der Waals surface area contributed by atoms with E-state index in [1.165, 1.54) is 12.3 Å². The van der Waals surface area contributed by atoms with Crippen LogP contribution in [0.15, 0.2) is 12.3 Å². The second kappa shape index (κ2) is 6.08. The Hall–Kier alpha value is -1.78. The minimum Gasteiger partial charge on any atom is -0.474 e. The molecule has 1 unspecified atom stereocenters. The van der Waals surface area contributed by atoms with Crippen LogP contribution in [-0.4, -0.2) is 23.7 Å². The van der Waals surface area contributed by atoms with Crippen molar-refractivity contribution in [2.24, 2.45) is 0 Å². The first-order valence-electron chi connectivity index (χ1n) is 5.67. The highest BCUT2D eigenvalue weighted by atomic mass is 16.5. The lowest BCUT2D eigenvalue weighted by atomic mass is 10.2. The topological polar surface area (TPSA) is 74.4 Å². The van der Waals surface area contributed by atoms with Crippen molar-refractivity contribution in [3.05, 3.63) is 17.8 Å². The van der Waals surface area contributed by atoms with Crippen molar-refractivity contribution in [2.45, 2.75) is 33.3 Å². The van der Waals surface area contributed by atoms with Crippen LogP contribution < -0.4 is 10.5 Å². The minimum atomic E-state index is -0.467. The van der Waals surface area contributed by atoms with Crippen LogP contribution in [0.25, 0.3) is 0 Å². The number of hydrogen-bond donors (Lipinski definition) is 1. The van der Waals surface area contributed by atoms with E-state index >= 15 is 0 Å². The van der Waals surface area contributed by atoms with E-state index < -0.39 is 5.97 Å². The number of nitrogen functional groups attached to an aromatic ring is 1. The summed E-state index contributed by atoms with van der Waals surface area (Å²) in [6.45, 7) is 5.95. The van der Waals surface area contributed by atoms with Crippen molar-refractivity contribution >= 4 is 11.7 Å². The summed E-state index contributed by atoms with van der Waals surface area (Å²) in [4.78, 5) is 15.7. The lowest BCUT2D eigenvalue weighted by Gasteiger charge is -2.14. The van der Waals surface area contributed by atoms with Gasteiger partial charge < -0.3 is 15.2 Å². The maximum absolute atomic E-state index is 11.7. The largest absolute Gasteiger partial charge is 0.474 e. The molecule has 0 aliphatic rings. The third kappa shape index (κ3) is 3.62. The number of carbonyl (C=O) groups excluding carboxylic acids is 1. The van der Waals surface area contributed by atoms with E-state index in [-0.39, 0.29) is 17.5 Å². The lowest BCUT2D eigenvalue weighted by molar-refractivity contribution is 0.0518. The summed E-state index contributed by atoms with van der Waals surface area (Å²) in [5.74, 6) is -0.197. The Labute approximate surface area is 101 Å². The molecular formula is C12H18N2O3. The SMILES string of the molecule is CCOC(=O)c1cc(N)cnc1OC(C)CC. The Morgan fingerprint density at radius 3 is 2.82 bits per heavy atom. The number of aromatic nitrogens is 1. The summed E-state index contributed by atoms with van der Waals surface area (Å²) >= 11 is 0. The summed E-state index contributed by atoms with van der Waals surface area (Å²) in [5, 5.41) is 0. The highest BCUT2D eigenvalue weighted by Crippen LogP contribution is 2.20. The van der Waals surface area contributed by atoms with Gasteiger partial charge in [-0.25, -0.2) is 9.78 Å². The van der Waals surface area contributed by atoms with E-state index in [0.29, 0.717) is 12.3 Å². The van der Waals surface area contributed by atoms with E-state index in [2.05, 4.69) is 4.98 Å². The van der Waals surface area contributed by atoms with Gasteiger partial charge in [0, 0.05) is 0 Å². The Balaban J connectivity index is 2.99. The Morgan fingerprint density at radius 2 is 2.24 bits per heavy atom. The highest BCUT2D eigenvalue weighted by Gasteiger charge is 2.17. The molecule has 1 rings (SSSR count). The predicted octanol–water partition coefficient (Wildman–Crippen LogP) is 2.02. The van der Waals surface area contributed by atoms with E-state index in [1.54, 1.807) is 6.92 Å². The quantitative estimate of drug-likeness (QED) is 0.794. The van der Waals surface area contributed by atoms with Gasteiger partial charge in [0.2, 0.25) is 5.88 Å². The van der Waals surface area contributed by atoms with Crippen LogP contribution in [0, 0.1) is 0 Å². The van der Waals surface area contributed by atoms with Crippen LogP contribution in [0.2, 0.25) is 0 Å². The summed E-state index contributed by atoms with van der Waals surface area (Å²) in [6.07, 6.45) is 2.27. The molecule has 1 atom stereocenters. The second-order valence-electron chi connectivity index (χ2n) is 3.68. The summed E-state index contributed by atoms with van der Waals surface area (Å²) < 4.78 is 10.5. The van der Waals surface area contributed by atoms with Gasteiger partial charge in [0.25, 0.3) is 0 Å². The van der Waals surface area contributed by atoms with Gasteiger partial charge in [0.15, 0.2) is 0 Å². The fourth-order valence-electron chi connectivity index (χ4n) is 1.19. The molecule has 0 saturated carbocycles. The number of rotatable bonds is 5. The second-order valence-corrected chi connectivity index (χ2v) is 3.68. The van der Waals surface area contributed by atoms with Gasteiger partial charge in [-0.2, -0.15) is 0 Å². The molecule has 0 bridgehead atoms. The summed E-state index contributed by atoms with van der Waals surface area (Å²) in [7, 11) is 0.